The number of aliphatic hydroxyl groups excluding tert-OH is 1. The van der Waals surface area contributed by atoms with Crippen LogP contribution in [0.1, 0.15) is 43.2 Å². The van der Waals surface area contributed by atoms with Crippen molar-refractivity contribution in [2.24, 2.45) is 5.92 Å². The summed E-state index contributed by atoms with van der Waals surface area (Å²) in [7, 11) is 1.66. The minimum atomic E-state index is -0.385. The summed E-state index contributed by atoms with van der Waals surface area (Å²) in [5.74, 6) is 1.51. The SMILES string of the molecule is COc1cc(C2(C(=O)NC(CCO)C3CC3)CC2)ccc1C. The normalized spacial score (nSPS) is 20.3. The maximum Gasteiger partial charge on any atom is 0.230 e. The van der Waals surface area contributed by atoms with E-state index in [0.717, 1.165) is 42.6 Å². The Bertz CT molecular complexity index is 561. The van der Waals surface area contributed by atoms with Crippen molar-refractivity contribution in [3.05, 3.63) is 29.3 Å². The van der Waals surface area contributed by atoms with Gasteiger partial charge in [-0.2, -0.15) is 0 Å². The van der Waals surface area contributed by atoms with Crippen molar-refractivity contribution in [1.82, 2.24) is 5.32 Å². The summed E-state index contributed by atoms with van der Waals surface area (Å²) in [5, 5.41) is 12.4. The highest BCUT2D eigenvalue weighted by molar-refractivity contribution is 5.91. The number of rotatable bonds is 7. The van der Waals surface area contributed by atoms with E-state index in [1.807, 2.05) is 25.1 Å². The molecular weight excluding hydrogens is 278 g/mol. The molecule has 0 saturated heterocycles. The number of methoxy groups -OCH3 is 1. The summed E-state index contributed by atoms with van der Waals surface area (Å²) in [6.45, 7) is 2.14. The molecule has 0 bridgehead atoms. The number of carbonyl (C=O) groups excluding carboxylic acids is 1. The van der Waals surface area contributed by atoms with Gasteiger partial charge in [0, 0.05) is 12.6 Å². The fourth-order valence-corrected chi connectivity index (χ4v) is 3.26. The van der Waals surface area contributed by atoms with Crippen LogP contribution in [0.15, 0.2) is 18.2 Å². The summed E-state index contributed by atoms with van der Waals surface area (Å²) in [6, 6.07) is 6.19. The van der Waals surface area contributed by atoms with Gasteiger partial charge < -0.3 is 15.2 Å². The van der Waals surface area contributed by atoms with E-state index in [1.165, 1.54) is 0 Å². The number of hydrogen-bond donors (Lipinski definition) is 2. The predicted octanol–water partition coefficient (Wildman–Crippen LogP) is 2.31. The Labute approximate surface area is 131 Å². The Balaban J connectivity index is 1.76. The van der Waals surface area contributed by atoms with Crippen LogP contribution in [0.3, 0.4) is 0 Å². The molecule has 0 aromatic heterocycles. The second kappa shape index (κ2) is 5.92. The molecule has 2 N–H and O–H groups in total. The van der Waals surface area contributed by atoms with Gasteiger partial charge in [0.05, 0.1) is 12.5 Å². The Kier molecular flexibility index (Phi) is 4.13. The molecule has 120 valence electrons. The van der Waals surface area contributed by atoms with E-state index in [2.05, 4.69) is 5.32 Å². The van der Waals surface area contributed by atoms with Crippen LogP contribution < -0.4 is 10.1 Å². The number of aliphatic hydroxyl groups is 1. The molecule has 0 spiro atoms. The first-order valence-corrected chi connectivity index (χ1v) is 8.17. The third kappa shape index (κ3) is 2.84. The minimum absolute atomic E-state index is 0.115. The Hall–Kier alpha value is -1.55. The molecule has 2 aliphatic rings. The van der Waals surface area contributed by atoms with Gasteiger partial charge in [-0.15, -0.1) is 0 Å². The number of carbonyl (C=O) groups is 1. The topological polar surface area (TPSA) is 58.6 Å². The molecule has 0 aliphatic heterocycles. The largest absolute Gasteiger partial charge is 0.496 e. The van der Waals surface area contributed by atoms with E-state index in [9.17, 15) is 9.90 Å². The van der Waals surface area contributed by atoms with Crippen LogP contribution in [-0.2, 0) is 10.2 Å². The quantitative estimate of drug-likeness (QED) is 0.812. The maximum absolute atomic E-state index is 12.8. The highest BCUT2D eigenvalue weighted by atomic mass is 16.5. The third-order valence-corrected chi connectivity index (χ3v) is 5.09. The molecule has 1 atom stereocenters. The molecule has 22 heavy (non-hydrogen) atoms. The van der Waals surface area contributed by atoms with Crippen molar-refractivity contribution >= 4 is 5.91 Å². The summed E-state index contributed by atoms with van der Waals surface area (Å²) in [6.07, 6.45) is 4.76. The summed E-state index contributed by atoms with van der Waals surface area (Å²) in [4.78, 5) is 12.8. The first-order valence-electron chi connectivity index (χ1n) is 8.17. The van der Waals surface area contributed by atoms with E-state index >= 15 is 0 Å². The van der Waals surface area contributed by atoms with Crippen LogP contribution in [0.4, 0.5) is 0 Å². The molecular formula is C18H25NO3. The molecule has 0 radical (unpaired) electrons. The van der Waals surface area contributed by atoms with E-state index in [4.69, 9.17) is 4.74 Å². The van der Waals surface area contributed by atoms with Gasteiger partial charge in [-0.1, -0.05) is 12.1 Å². The zero-order valence-electron chi connectivity index (χ0n) is 13.4. The predicted molar refractivity (Wildman–Crippen MR) is 85.0 cm³/mol. The Morgan fingerprint density at radius 3 is 2.73 bits per heavy atom. The maximum atomic E-state index is 12.8. The molecule has 1 aromatic rings. The summed E-state index contributed by atoms with van der Waals surface area (Å²) < 4.78 is 5.39. The van der Waals surface area contributed by atoms with Gasteiger partial charge in [0.2, 0.25) is 5.91 Å². The number of nitrogens with one attached hydrogen (secondary N) is 1. The molecule has 0 heterocycles. The van der Waals surface area contributed by atoms with Crippen LogP contribution in [0, 0.1) is 12.8 Å². The summed E-state index contributed by atoms with van der Waals surface area (Å²) >= 11 is 0. The number of aryl methyl sites for hydroxylation is 1. The van der Waals surface area contributed by atoms with Crippen LogP contribution in [0.2, 0.25) is 0 Å². The van der Waals surface area contributed by atoms with Crippen molar-refractivity contribution in [1.29, 1.82) is 0 Å². The average molecular weight is 303 g/mol. The zero-order chi connectivity index (χ0) is 15.7. The third-order valence-electron chi connectivity index (χ3n) is 5.09. The molecule has 3 rings (SSSR count). The smallest absolute Gasteiger partial charge is 0.230 e. The van der Waals surface area contributed by atoms with Crippen LogP contribution >= 0.6 is 0 Å². The van der Waals surface area contributed by atoms with Crippen molar-refractivity contribution in [3.8, 4) is 5.75 Å². The van der Waals surface area contributed by atoms with Gasteiger partial charge in [-0.3, -0.25) is 4.79 Å². The van der Waals surface area contributed by atoms with Gasteiger partial charge in [-0.25, -0.2) is 0 Å². The lowest BCUT2D eigenvalue weighted by molar-refractivity contribution is -0.124. The van der Waals surface area contributed by atoms with E-state index in [0.29, 0.717) is 12.3 Å². The second-order valence-corrected chi connectivity index (χ2v) is 6.70. The standard InChI is InChI=1S/C18H25NO3/c1-12-3-6-14(11-16(12)22-2)18(8-9-18)17(21)19-15(7-10-20)13-4-5-13/h3,6,11,13,15,20H,4-5,7-10H2,1-2H3,(H,19,21). The monoisotopic (exact) mass is 303 g/mol. The molecule has 2 fully saturated rings. The van der Waals surface area contributed by atoms with Crippen LogP contribution in [-0.4, -0.2) is 30.8 Å². The molecule has 1 aromatic carbocycles. The molecule has 1 unspecified atom stereocenters. The van der Waals surface area contributed by atoms with Crippen molar-refractivity contribution in [3.63, 3.8) is 0 Å². The first-order chi connectivity index (χ1) is 10.6. The van der Waals surface area contributed by atoms with Gasteiger partial charge >= 0.3 is 0 Å². The number of amides is 1. The molecule has 2 aliphatic carbocycles. The highest BCUT2D eigenvalue weighted by Crippen LogP contribution is 2.50. The highest BCUT2D eigenvalue weighted by Gasteiger charge is 2.52. The van der Waals surface area contributed by atoms with Gasteiger partial charge in [0.25, 0.3) is 0 Å². The molecule has 4 nitrogen and oxygen atoms in total. The van der Waals surface area contributed by atoms with E-state index < -0.39 is 0 Å². The molecule has 2 saturated carbocycles. The number of ether oxygens (including phenoxy) is 1. The van der Waals surface area contributed by atoms with E-state index in [-0.39, 0.29) is 24.0 Å². The van der Waals surface area contributed by atoms with Gasteiger partial charge in [0.15, 0.2) is 0 Å². The fourth-order valence-electron chi connectivity index (χ4n) is 3.26. The molecule has 1 amide bonds. The van der Waals surface area contributed by atoms with Gasteiger partial charge in [0.1, 0.15) is 5.75 Å². The van der Waals surface area contributed by atoms with Crippen LogP contribution in [0.25, 0.3) is 0 Å². The first kappa shape index (κ1) is 15.3. The number of benzene rings is 1. The fraction of sp³-hybridized carbons (Fsp3) is 0.611. The lowest BCUT2D eigenvalue weighted by atomic mass is 9.93. The Morgan fingerprint density at radius 1 is 1.45 bits per heavy atom. The van der Waals surface area contributed by atoms with Crippen molar-refractivity contribution < 1.29 is 14.6 Å². The van der Waals surface area contributed by atoms with Gasteiger partial charge in [-0.05, 0) is 62.1 Å². The average Bonchev–Trinajstić information content (AvgIpc) is 3.40. The lowest BCUT2D eigenvalue weighted by Crippen LogP contribution is -2.43. The summed E-state index contributed by atoms with van der Waals surface area (Å²) in [5.41, 5.74) is 1.74. The Morgan fingerprint density at radius 2 is 2.18 bits per heavy atom. The van der Waals surface area contributed by atoms with Crippen molar-refractivity contribution in [2.75, 3.05) is 13.7 Å². The number of hydrogen-bond acceptors (Lipinski definition) is 3. The van der Waals surface area contributed by atoms with E-state index in [1.54, 1.807) is 7.11 Å². The second-order valence-electron chi connectivity index (χ2n) is 6.70. The van der Waals surface area contributed by atoms with Crippen LogP contribution in [0.5, 0.6) is 5.75 Å². The minimum Gasteiger partial charge on any atom is -0.496 e. The molecule has 4 heteroatoms. The zero-order valence-corrected chi connectivity index (χ0v) is 13.4. The van der Waals surface area contributed by atoms with Crippen molar-refractivity contribution in [2.45, 2.75) is 50.5 Å². The lowest BCUT2D eigenvalue weighted by Gasteiger charge is -2.22.